The van der Waals surface area contributed by atoms with Gasteiger partial charge in [-0.15, -0.1) is 0 Å². The number of aliphatic hydroxyl groups excluding tert-OH is 1. The number of carbonyl (C=O) groups is 2. The fourth-order valence-corrected chi connectivity index (χ4v) is 7.03. The molecule has 0 saturated carbocycles. The minimum atomic E-state index is -0.594. The van der Waals surface area contributed by atoms with Crippen LogP contribution in [0, 0.1) is 0 Å². The first kappa shape index (κ1) is 38.2. The molecule has 2 saturated heterocycles. The molecule has 0 bridgehead atoms. The summed E-state index contributed by atoms with van der Waals surface area (Å²) in [6, 6.07) is 33.6. The first-order valence-electron chi connectivity index (χ1n) is 19.0. The number of aliphatic hydroxyl groups is 1. The van der Waals surface area contributed by atoms with Crippen molar-refractivity contribution in [3.05, 3.63) is 125 Å². The van der Waals surface area contributed by atoms with Gasteiger partial charge in [-0.05, 0) is 53.8 Å². The number of piperazine rings is 1. The number of rotatable bonds is 16. The fourth-order valence-electron chi connectivity index (χ4n) is 7.03. The summed E-state index contributed by atoms with van der Waals surface area (Å²) in [6.45, 7) is 5.76. The maximum Gasteiger partial charge on any atom is 0.224 e. The first-order chi connectivity index (χ1) is 25.9. The maximum absolute atomic E-state index is 12.9. The number of carbonyl (C=O) groups excluding carboxylic acids is 2. The van der Waals surface area contributed by atoms with Crippen LogP contribution in [-0.4, -0.2) is 65.5 Å². The predicted molar refractivity (Wildman–Crippen MR) is 209 cm³/mol. The molecule has 6 rings (SSSR count). The number of hydrogen-bond acceptors (Lipinski definition) is 8. The molecule has 10 heteroatoms. The zero-order valence-electron chi connectivity index (χ0n) is 30.5. The van der Waals surface area contributed by atoms with Crippen molar-refractivity contribution in [1.82, 2.24) is 9.80 Å². The van der Waals surface area contributed by atoms with E-state index in [4.69, 9.17) is 15.2 Å². The molecule has 4 aromatic carbocycles. The van der Waals surface area contributed by atoms with E-state index in [0.717, 1.165) is 88.1 Å². The third-order valence-corrected chi connectivity index (χ3v) is 10.0. The quantitative estimate of drug-likeness (QED) is 0.0717. The molecule has 0 aromatic heterocycles. The van der Waals surface area contributed by atoms with Crippen LogP contribution in [0.5, 0.6) is 0 Å². The van der Waals surface area contributed by atoms with Crippen LogP contribution in [0.4, 0.5) is 17.1 Å². The highest BCUT2D eigenvalue weighted by molar-refractivity contribution is 5.93. The van der Waals surface area contributed by atoms with E-state index in [1.54, 1.807) is 12.1 Å². The molecule has 0 spiro atoms. The van der Waals surface area contributed by atoms with Crippen LogP contribution in [0.2, 0.25) is 0 Å². The van der Waals surface area contributed by atoms with Crippen LogP contribution in [-0.2, 0) is 32.2 Å². The molecule has 53 heavy (non-hydrogen) atoms. The molecule has 280 valence electrons. The summed E-state index contributed by atoms with van der Waals surface area (Å²) in [5.74, 6) is -0.0999. The number of nitrogen functional groups attached to an aromatic ring is 1. The van der Waals surface area contributed by atoms with Crippen LogP contribution in [0.25, 0.3) is 0 Å². The molecule has 2 fully saturated rings. The highest BCUT2D eigenvalue weighted by atomic mass is 16.7. The number of para-hydroxylation sites is 2. The van der Waals surface area contributed by atoms with E-state index in [0.29, 0.717) is 29.9 Å². The van der Waals surface area contributed by atoms with Crippen molar-refractivity contribution in [2.45, 2.75) is 76.6 Å². The summed E-state index contributed by atoms with van der Waals surface area (Å²) in [6.07, 6.45) is 3.95. The molecule has 0 unspecified atom stereocenters. The second-order valence-corrected chi connectivity index (χ2v) is 14.1. The molecule has 2 aliphatic heterocycles. The Balaban J connectivity index is 0.990. The number of anilines is 3. The summed E-state index contributed by atoms with van der Waals surface area (Å²) in [5, 5.41) is 15.5. The van der Waals surface area contributed by atoms with Gasteiger partial charge >= 0.3 is 0 Å². The number of hydrogen-bond donors (Lipinski definition) is 4. The SMILES string of the molecule is Nc1ccccc1NC(=O)CCCCCCC(=O)Nc1cccc([C@@H]2O[C@H](CN3CCN(Cc4ccccc4)CC3)C[C@H](c3ccc(CO)cc3)O2)c1. The minimum Gasteiger partial charge on any atom is -0.397 e. The van der Waals surface area contributed by atoms with E-state index in [9.17, 15) is 14.7 Å². The van der Waals surface area contributed by atoms with Crippen LogP contribution in [0.15, 0.2) is 103 Å². The van der Waals surface area contributed by atoms with Crippen molar-refractivity contribution >= 4 is 28.9 Å². The molecular weight excluding hydrogens is 667 g/mol. The van der Waals surface area contributed by atoms with E-state index in [1.807, 2.05) is 60.7 Å². The van der Waals surface area contributed by atoms with Crippen molar-refractivity contribution in [3.8, 4) is 0 Å². The largest absolute Gasteiger partial charge is 0.397 e. The highest BCUT2D eigenvalue weighted by Gasteiger charge is 2.34. The maximum atomic E-state index is 12.9. The Morgan fingerprint density at radius 3 is 2.09 bits per heavy atom. The van der Waals surface area contributed by atoms with Gasteiger partial charge in [0, 0.05) is 69.8 Å². The molecule has 2 heterocycles. The van der Waals surface area contributed by atoms with Crippen LogP contribution < -0.4 is 16.4 Å². The van der Waals surface area contributed by atoms with Crippen LogP contribution in [0.1, 0.15) is 79.6 Å². The summed E-state index contributed by atoms with van der Waals surface area (Å²) < 4.78 is 13.2. The molecule has 2 amide bonds. The van der Waals surface area contributed by atoms with Gasteiger partial charge in [0.15, 0.2) is 6.29 Å². The van der Waals surface area contributed by atoms with Crippen molar-refractivity contribution in [1.29, 1.82) is 0 Å². The van der Waals surface area contributed by atoms with Gasteiger partial charge in [0.05, 0.1) is 30.2 Å². The molecule has 10 nitrogen and oxygen atoms in total. The number of nitrogens with one attached hydrogen (secondary N) is 2. The highest BCUT2D eigenvalue weighted by Crippen LogP contribution is 2.39. The molecule has 4 aromatic rings. The average molecular weight is 720 g/mol. The topological polar surface area (TPSA) is 129 Å². The van der Waals surface area contributed by atoms with E-state index < -0.39 is 6.29 Å². The monoisotopic (exact) mass is 719 g/mol. The number of unbranched alkanes of at least 4 members (excludes halogenated alkanes) is 3. The summed E-state index contributed by atoms with van der Waals surface area (Å²) >= 11 is 0. The predicted octanol–water partition coefficient (Wildman–Crippen LogP) is 7.04. The Morgan fingerprint density at radius 1 is 0.698 bits per heavy atom. The molecule has 0 aliphatic carbocycles. The van der Waals surface area contributed by atoms with Crippen LogP contribution in [0.3, 0.4) is 0 Å². The Hall–Kier alpha value is -4.58. The normalized spacial score (nSPS) is 19.5. The van der Waals surface area contributed by atoms with E-state index in [2.05, 4.69) is 50.8 Å². The smallest absolute Gasteiger partial charge is 0.224 e. The molecule has 2 aliphatic rings. The summed E-state index contributed by atoms with van der Waals surface area (Å²) in [7, 11) is 0. The minimum absolute atomic E-state index is 0.000891. The first-order valence-corrected chi connectivity index (χ1v) is 19.0. The average Bonchev–Trinajstić information content (AvgIpc) is 3.18. The summed E-state index contributed by atoms with van der Waals surface area (Å²) in [5.41, 5.74) is 11.9. The zero-order valence-corrected chi connectivity index (χ0v) is 30.5. The van der Waals surface area contributed by atoms with Crippen molar-refractivity contribution in [2.24, 2.45) is 0 Å². The summed E-state index contributed by atoms with van der Waals surface area (Å²) in [4.78, 5) is 30.2. The lowest BCUT2D eigenvalue weighted by atomic mass is 9.99. The number of nitrogens with zero attached hydrogens (tertiary/aromatic N) is 2. The molecule has 5 N–H and O–H groups in total. The van der Waals surface area contributed by atoms with Gasteiger partial charge in [0.1, 0.15) is 0 Å². The Bertz CT molecular complexity index is 1750. The molecule has 0 radical (unpaired) electrons. The van der Waals surface area contributed by atoms with E-state index in [1.165, 1.54) is 5.56 Å². The standard InChI is InChI=1S/C43H53N5O5/c44-38-15-8-9-16-39(38)46-42(51)18-7-2-1-6-17-41(50)45-36-14-10-13-35(27-36)43-52-37(28-40(53-43)34-21-19-33(31-49)20-22-34)30-48-25-23-47(24-26-48)29-32-11-4-3-5-12-32/h3-5,8-16,19-22,27,37,40,43,49H,1-2,6-7,17-18,23-26,28-31,44H2,(H,45,50)(H,46,51)/t37-,40+,43+/m0/s1. The van der Waals surface area contributed by atoms with Crippen molar-refractivity contribution < 1.29 is 24.2 Å². The van der Waals surface area contributed by atoms with Crippen molar-refractivity contribution in [2.75, 3.05) is 49.1 Å². The fraction of sp³-hybridized carbons (Fsp3) is 0.395. The van der Waals surface area contributed by atoms with Gasteiger partial charge in [0.2, 0.25) is 11.8 Å². The lowest BCUT2D eigenvalue weighted by Gasteiger charge is -2.41. The number of amides is 2. The number of ether oxygens (including phenoxy) is 2. The lowest BCUT2D eigenvalue weighted by Crippen LogP contribution is -2.49. The molecular formula is C43H53N5O5. The third-order valence-electron chi connectivity index (χ3n) is 10.0. The van der Waals surface area contributed by atoms with Gasteiger partial charge in [-0.2, -0.15) is 0 Å². The number of benzene rings is 4. The van der Waals surface area contributed by atoms with Gasteiger partial charge in [-0.25, -0.2) is 0 Å². The second-order valence-electron chi connectivity index (χ2n) is 14.1. The lowest BCUT2D eigenvalue weighted by molar-refractivity contribution is -0.253. The van der Waals surface area contributed by atoms with Gasteiger partial charge < -0.3 is 30.9 Å². The third kappa shape index (κ3) is 11.7. The zero-order chi connectivity index (χ0) is 36.8. The Kier molecular flexibility index (Phi) is 14.0. The van der Waals surface area contributed by atoms with Crippen LogP contribution >= 0.6 is 0 Å². The molecule has 3 atom stereocenters. The van der Waals surface area contributed by atoms with Crippen molar-refractivity contribution in [3.63, 3.8) is 0 Å². The van der Waals surface area contributed by atoms with Gasteiger partial charge in [-0.3, -0.25) is 19.4 Å². The number of nitrogens with two attached hydrogens (primary N) is 1. The Labute approximate surface area is 313 Å². The van der Waals surface area contributed by atoms with E-state index >= 15 is 0 Å². The van der Waals surface area contributed by atoms with Gasteiger partial charge in [-0.1, -0.05) is 91.7 Å². The second kappa shape index (κ2) is 19.5. The van der Waals surface area contributed by atoms with E-state index in [-0.39, 0.29) is 30.6 Å². The van der Waals surface area contributed by atoms with Gasteiger partial charge in [0.25, 0.3) is 0 Å². The Morgan fingerprint density at radius 2 is 1.38 bits per heavy atom.